The van der Waals surface area contributed by atoms with Gasteiger partial charge in [-0.3, -0.25) is 9.59 Å². The smallest absolute Gasteiger partial charge is 0.271 e. The number of nitrogens with zero attached hydrogens (tertiary/aromatic N) is 2. The summed E-state index contributed by atoms with van der Waals surface area (Å²) in [6.45, 7) is 2.16. The second kappa shape index (κ2) is 9.65. The number of amides is 2. The highest BCUT2D eigenvalue weighted by molar-refractivity contribution is 6.01. The van der Waals surface area contributed by atoms with Crippen LogP contribution in [0.15, 0.2) is 102 Å². The average Bonchev–Trinajstić information content (AvgIpc) is 3.21. The Morgan fingerprint density at radius 1 is 0.857 bits per heavy atom. The van der Waals surface area contributed by atoms with Gasteiger partial charge in [-0.25, -0.2) is 5.43 Å². The number of nitrogens with one attached hydrogen (secondary N) is 2. The van der Waals surface area contributed by atoms with E-state index in [-0.39, 0.29) is 11.8 Å². The molecule has 0 spiro atoms. The first-order valence-corrected chi connectivity index (χ1v) is 11.3. The molecule has 0 aliphatic carbocycles. The number of carbonyl (C=O) groups is 2. The number of rotatable bonds is 6. The quantitative estimate of drug-likeness (QED) is 0.257. The molecule has 0 saturated heterocycles. The fourth-order valence-corrected chi connectivity index (χ4v) is 4.26. The molecule has 0 fully saturated rings. The normalized spacial score (nSPS) is 11.2. The van der Waals surface area contributed by atoms with Crippen LogP contribution in [0.1, 0.15) is 28.4 Å². The maximum atomic E-state index is 12.5. The zero-order chi connectivity index (χ0) is 24.2. The highest BCUT2D eigenvalue weighted by atomic mass is 16.2. The Labute approximate surface area is 202 Å². The predicted molar refractivity (Wildman–Crippen MR) is 141 cm³/mol. The van der Waals surface area contributed by atoms with Gasteiger partial charge >= 0.3 is 0 Å². The Hall–Kier alpha value is -4.71. The van der Waals surface area contributed by atoms with Gasteiger partial charge in [0.25, 0.3) is 5.91 Å². The van der Waals surface area contributed by atoms with Gasteiger partial charge in [0.2, 0.25) is 5.91 Å². The number of anilines is 1. The molecule has 6 nitrogen and oxygen atoms in total. The molecular formula is C29H24N4O2. The SMILES string of the molecule is CC(=O)Nc1ccc(C(=O)NN=Cc2cn(Cc3cccc4ccccc34)c3ccccc23)cc1. The third-order valence-corrected chi connectivity index (χ3v) is 5.88. The minimum atomic E-state index is -0.324. The van der Waals surface area contributed by atoms with Crippen LogP contribution in [-0.2, 0) is 11.3 Å². The van der Waals surface area contributed by atoms with Gasteiger partial charge in [0.05, 0.1) is 6.21 Å². The molecule has 0 unspecified atom stereocenters. The number of carbonyl (C=O) groups excluding carboxylic acids is 2. The third-order valence-electron chi connectivity index (χ3n) is 5.88. The van der Waals surface area contributed by atoms with E-state index in [9.17, 15) is 9.59 Å². The Bertz CT molecular complexity index is 1560. The van der Waals surface area contributed by atoms with Crippen LogP contribution >= 0.6 is 0 Å². The molecule has 0 bridgehead atoms. The molecule has 1 aromatic heterocycles. The summed E-state index contributed by atoms with van der Waals surface area (Å²) in [6.07, 6.45) is 3.73. The van der Waals surface area contributed by atoms with E-state index in [1.54, 1.807) is 30.5 Å². The molecule has 5 rings (SSSR count). The van der Waals surface area contributed by atoms with Crippen molar-refractivity contribution >= 4 is 45.4 Å². The average molecular weight is 461 g/mol. The van der Waals surface area contributed by atoms with Gasteiger partial charge in [0.1, 0.15) is 0 Å². The summed E-state index contributed by atoms with van der Waals surface area (Å²) in [6, 6.07) is 29.6. The van der Waals surface area contributed by atoms with Gasteiger partial charge in [-0.1, -0.05) is 60.7 Å². The summed E-state index contributed by atoms with van der Waals surface area (Å²) in [5.41, 5.74) is 6.94. The summed E-state index contributed by atoms with van der Waals surface area (Å²) in [7, 11) is 0. The largest absolute Gasteiger partial charge is 0.342 e. The number of hydrazone groups is 1. The van der Waals surface area contributed by atoms with Crippen molar-refractivity contribution in [3.8, 4) is 0 Å². The molecule has 1 heterocycles. The van der Waals surface area contributed by atoms with E-state index >= 15 is 0 Å². The Kier molecular flexibility index (Phi) is 6.09. The fraction of sp³-hybridized carbons (Fsp3) is 0.0690. The molecule has 0 aliphatic heterocycles. The zero-order valence-electron chi connectivity index (χ0n) is 19.2. The number of aromatic nitrogens is 1. The van der Waals surface area contributed by atoms with Crippen LogP contribution in [0.5, 0.6) is 0 Å². The van der Waals surface area contributed by atoms with Crippen LogP contribution in [0.3, 0.4) is 0 Å². The predicted octanol–water partition coefficient (Wildman–Crippen LogP) is 5.57. The van der Waals surface area contributed by atoms with Gasteiger partial charge in [-0.2, -0.15) is 5.10 Å². The Balaban J connectivity index is 1.36. The van der Waals surface area contributed by atoms with E-state index in [1.165, 1.54) is 23.3 Å². The number of para-hydroxylation sites is 1. The van der Waals surface area contributed by atoms with Gasteiger partial charge in [0, 0.05) is 47.4 Å². The highest BCUT2D eigenvalue weighted by Crippen LogP contribution is 2.24. The van der Waals surface area contributed by atoms with Crippen LogP contribution in [0.4, 0.5) is 5.69 Å². The molecule has 0 radical (unpaired) electrons. The van der Waals surface area contributed by atoms with Gasteiger partial charge in [-0.05, 0) is 46.7 Å². The lowest BCUT2D eigenvalue weighted by molar-refractivity contribution is -0.114. The lowest BCUT2D eigenvalue weighted by atomic mass is 10.0. The second-order valence-corrected chi connectivity index (χ2v) is 8.33. The van der Waals surface area contributed by atoms with E-state index in [2.05, 4.69) is 81.2 Å². The molecular weight excluding hydrogens is 436 g/mol. The van der Waals surface area contributed by atoms with Crippen LogP contribution in [-0.4, -0.2) is 22.6 Å². The molecule has 172 valence electrons. The fourth-order valence-electron chi connectivity index (χ4n) is 4.26. The summed E-state index contributed by atoms with van der Waals surface area (Å²) < 4.78 is 2.21. The van der Waals surface area contributed by atoms with Crippen molar-refractivity contribution in [3.05, 3.63) is 114 Å². The molecule has 0 atom stereocenters. The van der Waals surface area contributed by atoms with Crippen LogP contribution < -0.4 is 10.7 Å². The monoisotopic (exact) mass is 460 g/mol. The van der Waals surface area contributed by atoms with Crippen molar-refractivity contribution < 1.29 is 9.59 Å². The number of fused-ring (bicyclic) bond motifs is 2. The molecule has 35 heavy (non-hydrogen) atoms. The minimum absolute atomic E-state index is 0.161. The Morgan fingerprint density at radius 2 is 1.57 bits per heavy atom. The summed E-state index contributed by atoms with van der Waals surface area (Å²) in [5.74, 6) is -0.485. The highest BCUT2D eigenvalue weighted by Gasteiger charge is 2.09. The molecule has 2 N–H and O–H groups in total. The van der Waals surface area contributed by atoms with Gasteiger partial charge in [0.15, 0.2) is 0 Å². The van der Waals surface area contributed by atoms with E-state index in [4.69, 9.17) is 0 Å². The number of hydrogen-bond acceptors (Lipinski definition) is 3. The van der Waals surface area contributed by atoms with Crippen molar-refractivity contribution in [2.24, 2.45) is 5.10 Å². The van der Waals surface area contributed by atoms with Crippen LogP contribution in [0.25, 0.3) is 21.7 Å². The molecule has 0 saturated carbocycles. The van der Waals surface area contributed by atoms with Gasteiger partial charge in [-0.15, -0.1) is 0 Å². The van der Waals surface area contributed by atoms with Crippen molar-refractivity contribution in [1.29, 1.82) is 0 Å². The lowest BCUT2D eigenvalue weighted by Crippen LogP contribution is -2.17. The zero-order valence-corrected chi connectivity index (χ0v) is 19.2. The standard InChI is InChI=1S/C29H24N4O2/c1-20(34)31-25-15-13-22(14-16-25)29(35)32-30-17-24-19-33(28-12-5-4-11-27(24)28)18-23-9-6-8-21-7-2-3-10-26(21)23/h2-17,19H,18H2,1H3,(H,31,34)(H,32,35). The number of hydrogen-bond donors (Lipinski definition) is 2. The van der Waals surface area contributed by atoms with E-state index in [0.29, 0.717) is 11.3 Å². The van der Waals surface area contributed by atoms with E-state index in [1.807, 2.05) is 12.1 Å². The first-order chi connectivity index (χ1) is 17.1. The Morgan fingerprint density at radius 3 is 2.37 bits per heavy atom. The molecule has 6 heteroatoms. The first kappa shape index (κ1) is 22.1. The molecule has 2 amide bonds. The summed E-state index contributed by atoms with van der Waals surface area (Å²) in [5, 5.41) is 10.4. The van der Waals surface area contributed by atoms with Crippen molar-refractivity contribution in [2.75, 3.05) is 5.32 Å². The van der Waals surface area contributed by atoms with Crippen LogP contribution in [0.2, 0.25) is 0 Å². The van der Waals surface area contributed by atoms with Crippen LogP contribution in [0, 0.1) is 0 Å². The van der Waals surface area contributed by atoms with Crippen molar-refractivity contribution in [1.82, 2.24) is 9.99 Å². The molecule has 5 aromatic rings. The van der Waals surface area contributed by atoms with Gasteiger partial charge < -0.3 is 9.88 Å². The minimum Gasteiger partial charge on any atom is -0.342 e. The maximum absolute atomic E-state index is 12.5. The summed E-state index contributed by atoms with van der Waals surface area (Å²) in [4.78, 5) is 23.6. The summed E-state index contributed by atoms with van der Waals surface area (Å²) >= 11 is 0. The number of benzene rings is 4. The van der Waals surface area contributed by atoms with E-state index < -0.39 is 0 Å². The van der Waals surface area contributed by atoms with E-state index in [0.717, 1.165) is 23.0 Å². The topological polar surface area (TPSA) is 75.5 Å². The lowest BCUT2D eigenvalue weighted by Gasteiger charge is -2.09. The first-order valence-electron chi connectivity index (χ1n) is 11.3. The van der Waals surface area contributed by atoms with Crippen molar-refractivity contribution in [3.63, 3.8) is 0 Å². The van der Waals surface area contributed by atoms with Crippen molar-refractivity contribution in [2.45, 2.75) is 13.5 Å². The second-order valence-electron chi connectivity index (χ2n) is 8.33. The maximum Gasteiger partial charge on any atom is 0.271 e. The molecule has 0 aliphatic rings. The third kappa shape index (κ3) is 4.82. The molecule has 4 aromatic carbocycles.